The number of ether oxygens (including phenoxy) is 1. The van der Waals surface area contributed by atoms with Crippen LogP contribution in [0.3, 0.4) is 0 Å². The summed E-state index contributed by atoms with van der Waals surface area (Å²) < 4.78 is 11.1. The average Bonchev–Trinajstić information content (AvgIpc) is 3.15. The monoisotopic (exact) mass is 332 g/mol. The number of aromatic nitrogens is 2. The Morgan fingerprint density at radius 2 is 2.26 bits per heavy atom. The third-order valence-corrected chi connectivity index (χ3v) is 4.11. The molecule has 0 spiro atoms. The Bertz CT molecular complexity index is 829. The van der Waals surface area contributed by atoms with Gasteiger partial charge < -0.3 is 14.5 Å². The number of carbonyl (C=O) groups excluding carboxylic acids is 1. The van der Waals surface area contributed by atoms with E-state index in [2.05, 4.69) is 20.8 Å². The predicted molar refractivity (Wildman–Crippen MR) is 88.0 cm³/mol. The molecule has 1 atom stereocenters. The fourth-order valence-electron chi connectivity index (χ4n) is 2.38. The zero-order valence-electron chi connectivity index (χ0n) is 12.9. The summed E-state index contributed by atoms with van der Waals surface area (Å²) in [6.45, 7) is 3.82. The van der Waals surface area contributed by atoms with Crippen molar-refractivity contribution in [2.75, 3.05) is 12.4 Å². The summed E-state index contributed by atoms with van der Waals surface area (Å²) in [5.41, 5.74) is 3.29. The first kappa shape index (κ1) is 15.3. The van der Waals surface area contributed by atoms with Crippen molar-refractivity contribution in [3.63, 3.8) is 0 Å². The van der Waals surface area contributed by atoms with Crippen LogP contribution in [0.4, 0.5) is 9.93 Å². The minimum Gasteiger partial charge on any atom is -0.497 e. The van der Waals surface area contributed by atoms with Crippen molar-refractivity contribution in [2.45, 2.75) is 19.9 Å². The van der Waals surface area contributed by atoms with Gasteiger partial charge in [-0.15, -0.1) is 10.2 Å². The number of benzene rings is 1. The maximum atomic E-state index is 12.0. The minimum absolute atomic E-state index is 0.290. The van der Waals surface area contributed by atoms with E-state index in [4.69, 9.17) is 9.15 Å². The van der Waals surface area contributed by atoms with Crippen LogP contribution in [0.25, 0.3) is 11.0 Å². The molecule has 2 amide bonds. The van der Waals surface area contributed by atoms with Crippen LogP contribution in [0.1, 0.15) is 24.3 Å². The van der Waals surface area contributed by atoms with Crippen molar-refractivity contribution in [1.29, 1.82) is 0 Å². The molecule has 1 aromatic carbocycles. The lowest BCUT2D eigenvalue weighted by atomic mass is 10.1. The topological polar surface area (TPSA) is 89.3 Å². The highest BCUT2D eigenvalue weighted by Crippen LogP contribution is 2.31. The molecule has 0 aliphatic rings. The lowest BCUT2D eigenvalue weighted by Gasteiger charge is -2.12. The van der Waals surface area contributed by atoms with E-state index in [1.165, 1.54) is 11.3 Å². The Labute approximate surface area is 136 Å². The maximum Gasteiger partial charge on any atom is 0.321 e. The molecule has 0 fully saturated rings. The normalized spacial score (nSPS) is 12.1. The number of aryl methyl sites for hydroxylation is 1. The van der Waals surface area contributed by atoms with Gasteiger partial charge in [-0.2, -0.15) is 0 Å². The van der Waals surface area contributed by atoms with Crippen LogP contribution in [0.5, 0.6) is 5.75 Å². The largest absolute Gasteiger partial charge is 0.497 e. The SMILES string of the molecule is COc1ccc2oc([C@H](C)NC(=O)Nc3nncs3)c(C)c2c1. The molecule has 23 heavy (non-hydrogen) atoms. The van der Waals surface area contributed by atoms with E-state index in [1.807, 2.05) is 32.0 Å². The summed E-state index contributed by atoms with van der Waals surface area (Å²) in [5, 5.41) is 14.3. The van der Waals surface area contributed by atoms with E-state index < -0.39 is 0 Å². The molecule has 0 unspecified atom stereocenters. The van der Waals surface area contributed by atoms with E-state index in [0.717, 1.165) is 22.3 Å². The summed E-state index contributed by atoms with van der Waals surface area (Å²) in [5.74, 6) is 1.48. The molecule has 0 radical (unpaired) electrons. The third kappa shape index (κ3) is 3.11. The molecule has 2 N–H and O–H groups in total. The van der Waals surface area contributed by atoms with Crippen LogP contribution < -0.4 is 15.4 Å². The van der Waals surface area contributed by atoms with Crippen LogP contribution in [0.2, 0.25) is 0 Å². The van der Waals surface area contributed by atoms with Gasteiger partial charge in [0.25, 0.3) is 0 Å². The molecule has 3 aromatic rings. The number of urea groups is 1. The first-order chi connectivity index (χ1) is 11.1. The highest BCUT2D eigenvalue weighted by atomic mass is 32.1. The highest BCUT2D eigenvalue weighted by molar-refractivity contribution is 7.13. The zero-order chi connectivity index (χ0) is 16.4. The quantitative estimate of drug-likeness (QED) is 0.763. The van der Waals surface area contributed by atoms with Crippen molar-refractivity contribution in [2.24, 2.45) is 0 Å². The van der Waals surface area contributed by atoms with Gasteiger partial charge in [0.2, 0.25) is 5.13 Å². The number of nitrogens with one attached hydrogen (secondary N) is 2. The molecule has 0 saturated heterocycles. The van der Waals surface area contributed by atoms with Crippen LogP contribution in [0, 0.1) is 6.92 Å². The van der Waals surface area contributed by atoms with E-state index in [1.54, 1.807) is 12.6 Å². The molecule has 0 bridgehead atoms. The molecule has 0 aliphatic carbocycles. The van der Waals surface area contributed by atoms with E-state index in [0.29, 0.717) is 10.9 Å². The molecule has 0 saturated carbocycles. The van der Waals surface area contributed by atoms with Gasteiger partial charge in [-0.1, -0.05) is 11.3 Å². The number of anilines is 1. The van der Waals surface area contributed by atoms with Gasteiger partial charge in [-0.25, -0.2) is 4.79 Å². The van der Waals surface area contributed by atoms with E-state index in [9.17, 15) is 4.79 Å². The number of hydrogen-bond donors (Lipinski definition) is 2. The van der Waals surface area contributed by atoms with Crippen LogP contribution in [-0.2, 0) is 0 Å². The predicted octanol–water partition coefficient (Wildman–Crippen LogP) is 3.48. The van der Waals surface area contributed by atoms with Crippen LogP contribution in [0.15, 0.2) is 28.1 Å². The van der Waals surface area contributed by atoms with Crippen molar-refractivity contribution in [1.82, 2.24) is 15.5 Å². The molecule has 120 valence electrons. The summed E-state index contributed by atoms with van der Waals surface area (Å²) in [4.78, 5) is 12.0. The first-order valence-electron chi connectivity index (χ1n) is 6.99. The van der Waals surface area contributed by atoms with Gasteiger partial charge in [-0.3, -0.25) is 5.32 Å². The van der Waals surface area contributed by atoms with Gasteiger partial charge in [0.15, 0.2) is 0 Å². The Balaban J connectivity index is 1.79. The fraction of sp³-hybridized carbons (Fsp3) is 0.267. The van der Waals surface area contributed by atoms with Crippen molar-refractivity contribution < 1.29 is 13.9 Å². The van der Waals surface area contributed by atoms with Crippen molar-refractivity contribution in [3.05, 3.63) is 35.0 Å². The molecule has 8 heteroatoms. The molecular weight excluding hydrogens is 316 g/mol. The smallest absolute Gasteiger partial charge is 0.321 e. The van der Waals surface area contributed by atoms with Crippen LogP contribution in [-0.4, -0.2) is 23.3 Å². The summed E-state index contributed by atoms with van der Waals surface area (Å²) in [6.07, 6.45) is 0. The molecular formula is C15H16N4O3S. The van der Waals surface area contributed by atoms with E-state index in [-0.39, 0.29) is 12.1 Å². The van der Waals surface area contributed by atoms with E-state index >= 15 is 0 Å². The third-order valence-electron chi connectivity index (χ3n) is 3.50. The maximum absolute atomic E-state index is 12.0. The lowest BCUT2D eigenvalue weighted by molar-refractivity contribution is 0.247. The summed E-state index contributed by atoms with van der Waals surface area (Å²) in [6, 6.07) is 4.98. The Morgan fingerprint density at radius 3 is 2.96 bits per heavy atom. The minimum atomic E-state index is -0.355. The molecule has 0 aliphatic heterocycles. The molecule has 2 aromatic heterocycles. The number of hydrogen-bond acceptors (Lipinski definition) is 6. The Morgan fingerprint density at radius 1 is 1.43 bits per heavy atom. The average molecular weight is 332 g/mol. The van der Waals surface area contributed by atoms with Crippen molar-refractivity contribution in [3.8, 4) is 5.75 Å². The Kier molecular flexibility index (Phi) is 4.16. The standard InChI is InChI=1S/C15H16N4O3S/c1-8-11-6-10(21-3)4-5-12(11)22-13(8)9(2)17-14(20)18-15-19-16-7-23-15/h4-7,9H,1-3H3,(H2,17,18,19,20)/t9-/m0/s1. The fourth-order valence-corrected chi connectivity index (χ4v) is 2.82. The summed E-state index contributed by atoms with van der Waals surface area (Å²) in [7, 11) is 1.62. The van der Waals surface area contributed by atoms with Gasteiger partial charge >= 0.3 is 6.03 Å². The molecule has 7 nitrogen and oxygen atoms in total. The lowest BCUT2D eigenvalue weighted by Crippen LogP contribution is -2.31. The zero-order valence-corrected chi connectivity index (χ0v) is 13.7. The highest BCUT2D eigenvalue weighted by Gasteiger charge is 2.19. The van der Waals surface area contributed by atoms with Gasteiger partial charge in [0, 0.05) is 10.9 Å². The second kappa shape index (κ2) is 6.25. The van der Waals surface area contributed by atoms with Crippen LogP contribution >= 0.6 is 11.3 Å². The first-order valence-corrected chi connectivity index (χ1v) is 7.87. The molecule has 2 heterocycles. The second-order valence-corrected chi connectivity index (χ2v) is 5.85. The number of nitrogens with zero attached hydrogens (tertiary/aromatic N) is 2. The number of carbonyl (C=O) groups is 1. The number of furan rings is 1. The van der Waals surface area contributed by atoms with Gasteiger partial charge in [0.05, 0.1) is 13.2 Å². The number of rotatable bonds is 4. The van der Waals surface area contributed by atoms with Gasteiger partial charge in [0.1, 0.15) is 22.6 Å². The number of amides is 2. The number of methoxy groups -OCH3 is 1. The number of fused-ring (bicyclic) bond motifs is 1. The Hall–Kier alpha value is -2.61. The van der Waals surface area contributed by atoms with Crippen molar-refractivity contribution >= 4 is 33.5 Å². The van der Waals surface area contributed by atoms with Gasteiger partial charge in [-0.05, 0) is 32.0 Å². The molecule has 3 rings (SSSR count). The second-order valence-electron chi connectivity index (χ2n) is 5.02. The summed E-state index contributed by atoms with van der Waals surface area (Å²) >= 11 is 1.25.